The topological polar surface area (TPSA) is 75.6 Å². The molecule has 1 amide bonds. The summed E-state index contributed by atoms with van der Waals surface area (Å²) >= 11 is 0. The van der Waals surface area contributed by atoms with Gasteiger partial charge in [-0.1, -0.05) is 32.4 Å². The van der Waals surface area contributed by atoms with Gasteiger partial charge in [0, 0.05) is 6.42 Å². The second-order valence-electron chi connectivity index (χ2n) is 4.83. The summed E-state index contributed by atoms with van der Waals surface area (Å²) < 4.78 is 5.02. The van der Waals surface area contributed by atoms with Gasteiger partial charge in [0.15, 0.2) is 6.04 Å². The van der Waals surface area contributed by atoms with Crippen molar-refractivity contribution in [2.75, 3.05) is 7.11 Å². The standard InChI is InChI=1S/C15H21NO4/c1-4-10(2)9-13(17)16-14(15(18)19)11-5-7-12(20-3)8-6-11/h5-8,10,14H,4,9H2,1-3H3,(H,16,17)(H,18,19). The fourth-order valence-electron chi connectivity index (χ4n) is 1.76. The van der Waals surface area contributed by atoms with Crippen molar-refractivity contribution >= 4 is 11.9 Å². The number of carboxylic acids is 1. The van der Waals surface area contributed by atoms with Crippen molar-refractivity contribution in [1.82, 2.24) is 5.32 Å². The largest absolute Gasteiger partial charge is 0.497 e. The Morgan fingerprint density at radius 1 is 1.30 bits per heavy atom. The molecular formula is C15H21NO4. The number of hydrogen-bond acceptors (Lipinski definition) is 3. The normalized spacial score (nSPS) is 13.3. The van der Waals surface area contributed by atoms with Gasteiger partial charge in [0.05, 0.1) is 7.11 Å². The van der Waals surface area contributed by atoms with Gasteiger partial charge in [-0.05, 0) is 23.6 Å². The Morgan fingerprint density at radius 3 is 2.35 bits per heavy atom. The number of nitrogens with one attached hydrogen (secondary N) is 1. The van der Waals surface area contributed by atoms with Gasteiger partial charge in [-0.15, -0.1) is 0 Å². The maximum atomic E-state index is 11.8. The van der Waals surface area contributed by atoms with E-state index in [1.54, 1.807) is 24.3 Å². The highest BCUT2D eigenvalue weighted by atomic mass is 16.5. The number of carbonyl (C=O) groups is 2. The van der Waals surface area contributed by atoms with Gasteiger partial charge in [0.2, 0.25) is 5.91 Å². The number of aliphatic carboxylic acids is 1. The quantitative estimate of drug-likeness (QED) is 0.803. The van der Waals surface area contributed by atoms with E-state index in [-0.39, 0.29) is 11.8 Å². The molecule has 20 heavy (non-hydrogen) atoms. The molecule has 0 radical (unpaired) electrons. The molecular weight excluding hydrogens is 258 g/mol. The molecule has 0 saturated heterocycles. The van der Waals surface area contributed by atoms with E-state index in [2.05, 4.69) is 5.32 Å². The number of carbonyl (C=O) groups excluding carboxylic acids is 1. The third kappa shape index (κ3) is 4.57. The van der Waals surface area contributed by atoms with Crippen LogP contribution in [-0.4, -0.2) is 24.1 Å². The zero-order valence-electron chi connectivity index (χ0n) is 12.1. The Labute approximate surface area is 118 Å². The van der Waals surface area contributed by atoms with Gasteiger partial charge in [0.1, 0.15) is 5.75 Å². The molecule has 2 N–H and O–H groups in total. The summed E-state index contributed by atoms with van der Waals surface area (Å²) in [6.07, 6.45) is 1.21. The van der Waals surface area contributed by atoms with Crippen LogP contribution in [0.2, 0.25) is 0 Å². The van der Waals surface area contributed by atoms with E-state index in [0.717, 1.165) is 6.42 Å². The third-order valence-electron chi connectivity index (χ3n) is 3.23. The molecule has 0 aliphatic rings. The minimum Gasteiger partial charge on any atom is -0.497 e. The molecule has 1 rings (SSSR count). The van der Waals surface area contributed by atoms with E-state index in [1.165, 1.54) is 7.11 Å². The Kier molecular flexibility index (Phi) is 6.03. The first-order valence-electron chi connectivity index (χ1n) is 6.64. The number of benzene rings is 1. The SMILES string of the molecule is CCC(C)CC(=O)NC(C(=O)O)c1ccc(OC)cc1. The fourth-order valence-corrected chi connectivity index (χ4v) is 1.76. The molecule has 0 spiro atoms. The molecule has 0 fully saturated rings. The average Bonchev–Trinajstić information content (AvgIpc) is 2.44. The Balaban J connectivity index is 2.78. The van der Waals surface area contributed by atoms with E-state index in [0.29, 0.717) is 17.7 Å². The molecule has 0 saturated carbocycles. The lowest BCUT2D eigenvalue weighted by molar-refractivity contribution is -0.142. The lowest BCUT2D eigenvalue weighted by Crippen LogP contribution is -2.34. The highest BCUT2D eigenvalue weighted by molar-refractivity contribution is 5.84. The molecule has 1 aromatic rings. The van der Waals surface area contributed by atoms with Gasteiger partial charge in [-0.25, -0.2) is 4.79 Å². The number of rotatable bonds is 7. The molecule has 5 nitrogen and oxygen atoms in total. The number of amides is 1. The highest BCUT2D eigenvalue weighted by Gasteiger charge is 2.22. The highest BCUT2D eigenvalue weighted by Crippen LogP contribution is 2.18. The maximum absolute atomic E-state index is 11.8. The van der Waals surface area contributed by atoms with E-state index in [1.807, 2.05) is 13.8 Å². The molecule has 2 atom stereocenters. The molecule has 0 aromatic heterocycles. The Hall–Kier alpha value is -2.04. The van der Waals surface area contributed by atoms with Crippen molar-refractivity contribution in [3.05, 3.63) is 29.8 Å². The lowest BCUT2D eigenvalue weighted by atomic mass is 10.0. The van der Waals surface area contributed by atoms with Crippen LogP contribution in [0.4, 0.5) is 0 Å². The first-order valence-corrected chi connectivity index (χ1v) is 6.64. The first kappa shape index (κ1) is 16.0. The minimum absolute atomic E-state index is 0.236. The van der Waals surface area contributed by atoms with Crippen molar-refractivity contribution in [1.29, 1.82) is 0 Å². The molecule has 0 heterocycles. The third-order valence-corrected chi connectivity index (χ3v) is 3.23. The van der Waals surface area contributed by atoms with E-state index in [4.69, 9.17) is 4.74 Å². The van der Waals surface area contributed by atoms with Crippen LogP contribution < -0.4 is 10.1 Å². The zero-order chi connectivity index (χ0) is 15.1. The van der Waals surface area contributed by atoms with Gasteiger partial charge < -0.3 is 15.2 Å². The summed E-state index contributed by atoms with van der Waals surface area (Å²) in [5.74, 6) is -0.445. The molecule has 0 aliphatic carbocycles. The predicted molar refractivity (Wildman–Crippen MR) is 75.6 cm³/mol. The summed E-state index contributed by atoms with van der Waals surface area (Å²) in [5.41, 5.74) is 0.524. The second-order valence-corrected chi connectivity index (χ2v) is 4.83. The van der Waals surface area contributed by atoms with Crippen LogP contribution in [0.25, 0.3) is 0 Å². The van der Waals surface area contributed by atoms with Crippen LogP contribution in [0, 0.1) is 5.92 Å². The van der Waals surface area contributed by atoms with Crippen LogP contribution in [0.15, 0.2) is 24.3 Å². The van der Waals surface area contributed by atoms with Gasteiger partial charge in [0.25, 0.3) is 0 Å². The van der Waals surface area contributed by atoms with Crippen LogP contribution in [0.1, 0.15) is 38.3 Å². The van der Waals surface area contributed by atoms with Crippen LogP contribution in [0.3, 0.4) is 0 Å². The van der Waals surface area contributed by atoms with Crippen LogP contribution in [0.5, 0.6) is 5.75 Å². The smallest absolute Gasteiger partial charge is 0.330 e. The molecule has 0 bridgehead atoms. The van der Waals surface area contributed by atoms with Crippen molar-refractivity contribution in [2.45, 2.75) is 32.7 Å². The second kappa shape index (κ2) is 7.53. The summed E-state index contributed by atoms with van der Waals surface area (Å²) in [4.78, 5) is 23.1. The van der Waals surface area contributed by atoms with E-state index in [9.17, 15) is 14.7 Å². The Bertz CT molecular complexity index is 455. The molecule has 1 aromatic carbocycles. The van der Waals surface area contributed by atoms with E-state index >= 15 is 0 Å². The van der Waals surface area contributed by atoms with Crippen molar-refractivity contribution in [3.63, 3.8) is 0 Å². The van der Waals surface area contributed by atoms with Crippen molar-refractivity contribution < 1.29 is 19.4 Å². The monoisotopic (exact) mass is 279 g/mol. The summed E-state index contributed by atoms with van der Waals surface area (Å²) in [5, 5.41) is 11.8. The van der Waals surface area contributed by atoms with Gasteiger partial charge in [-0.3, -0.25) is 4.79 Å². The number of ether oxygens (including phenoxy) is 1. The van der Waals surface area contributed by atoms with Crippen molar-refractivity contribution in [3.8, 4) is 5.75 Å². The van der Waals surface area contributed by atoms with E-state index < -0.39 is 12.0 Å². The molecule has 2 unspecified atom stereocenters. The summed E-state index contributed by atoms with van der Waals surface area (Å²) in [7, 11) is 1.54. The molecule has 0 aliphatic heterocycles. The maximum Gasteiger partial charge on any atom is 0.330 e. The van der Waals surface area contributed by atoms with Gasteiger partial charge >= 0.3 is 5.97 Å². The van der Waals surface area contributed by atoms with Gasteiger partial charge in [-0.2, -0.15) is 0 Å². The Morgan fingerprint density at radius 2 is 1.90 bits per heavy atom. The molecule has 5 heteroatoms. The minimum atomic E-state index is -1.08. The van der Waals surface area contributed by atoms with Crippen LogP contribution >= 0.6 is 0 Å². The lowest BCUT2D eigenvalue weighted by Gasteiger charge is -2.16. The average molecular weight is 279 g/mol. The number of methoxy groups -OCH3 is 1. The van der Waals surface area contributed by atoms with Crippen LogP contribution in [-0.2, 0) is 9.59 Å². The first-order chi connectivity index (χ1) is 9.47. The molecule has 110 valence electrons. The fraction of sp³-hybridized carbons (Fsp3) is 0.467. The number of hydrogen-bond donors (Lipinski definition) is 2. The predicted octanol–water partition coefficient (Wildman–Crippen LogP) is 2.37. The summed E-state index contributed by atoms with van der Waals surface area (Å²) in [6, 6.07) is 5.60. The summed E-state index contributed by atoms with van der Waals surface area (Å²) in [6.45, 7) is 3.96. The zero-order valence-corrected chi connectivity index (χ0v) is 12.1. The van der Waals surface area contributed by atoms with Crippen molar-refractivity contribution in [2.24, 2.45) is 5.92 Å². The number of carboxylic acid groups (broad SMARTS) is 1.